The van der Waals surface area contributed by atoms with Gasteiger partial charge in [-0.15, -0.1) is 0 Å². The molecule has 7 aromatic carbocycles. The van der Waals surface area contributed by atoms with Gasteiger partial charge in [-0.2, -0.15) is 0 Å². The molecule has 2 heteroatoms. The first-order valence-electron chi connectivity index (χ1n) is 15.9. The van der Waals surface area contributed by atoms with Crippen molar-refractivity contribution >= 4 is 44.3 Å². The molecule has 0 radical (unpaired) electrons. The third-order valence-corrected chi connectivity index (χ3v) is 9.01. The maximum atomic E-state index is 2.48. The summed E-state index contributed by atoms with van der Waals surface area (Å²) in [4.78, 5) is 4.96. The second kappa shape index (κ2) is 11.9. The van der Waals surface area contributed by atoms with E-state index in [4.69, 9.17) is 0 Å². The molecule has 0 saturated heterocycles. The van der Waals surface area contributed by atoms with Crippen LogP contribution >= 0.6 is 0 Å². The highest BCUT2D eigenvalue weighted by molar-refractivity contribution is 5.90. The van der Waals surface area contributed by atoms with Crippen molar-refractivity contribution in [3.8, 4) is 0 Å². The molecule has 46 heavy (non-hydrogen) atoms. The van der Waals surface area contributed by atoms with Crippen molar-refractivity contribution < 1.29 is 0 Å². The number of hydrogen-bond donors (Lipinski definition) is 0. The zero-order chi connectivity index (χ0) is 30.8. The van der Waals surface area contributed by atoms with Gasteiger partial charge in [-0.05, 0) is 87.8 Å². The Balaban J connectivity index is 1.42. The molecule has 0 heterocycles. The maximum absolute atomic E-state index is 2.48. The highest BCUT2D eigenvalue weighted by atomic mass is 15.4. The SMILES string of the molecule is C1=CC(N(c2ccccc2)c2ccc3ccccc3c2)(N(c2ccccc2)c2ccc3ccccc3c2)C=CC1c1ccccc1. The van der Waals surface area contributed by atoms with Crippen LogP contribution in [0.1, 0.15) is 11.5 Å². The van der Waals surface area contributed by atoms with Crippen LogP contribution in [0.2, 0.25) is 0 Å². The molecule has 0 aromatic heterocycles. The molecule has 0 spiro atoms. The largest absolute Gasteiger partial charge is 0.311 e. The van der Waals surface area contributed by atoms with Crippen molar-refractivity contribution in [2.24, 2.45) is 0 Å². The van der Waals surface area contributed by atoms with Gasteiger partial charge in [0.2, 0.25) is 0 Å². The molecule has 8 rings (SSSR count). The molecule has 7 aromatic rings. The van der Waals surface area contributed by atoms with Crippen LogP contribution in [0.25, 0.3) is 21.5 Å². The lowest BCUT2D eigenvalue weighted by Crippen LogP contribution is -2.56. The van der Waals surface area contributed by atoms with Gasteiger partial charge in [0.05, 0.1) is 0 Å². The van der Waals surface area contributed by atoms with Crippen molar-refractivity contribution in [2.75, 3.05) is 9.80 Å². The Morgan fingerprint density at radius 3 is 1.20 bits per heavy atom. The van der Waals surface area contributed by atoms with E-state index in [0.29, 0.717) is 0 Å². The molecule has 220 valence electrons. The number of rotatable bonds is 7. The lowest BCUT2D eigenvalue weighted by molar-refractivity contribution is 0.626. The highest BCUT2D eigenvalue weighted by Gasteiger charge is 2.42. The van der Waals surface area contributed by atoms with E-state index in [9.17, 15) is 0 Å². The quantitative estimate of drug-likeness (QED) is 0.135. The standard InChI is InChI=1S/C44H34N2/c1-4-14-34(15-5-1)37-28-30-44(31-29-37,45(40-20-6-2-7-21-40)42-26-24-35-16-10-12-18-38(35)32-42)46(41-22-8-3-9-23-41)43-27-25-36-17-11-13-19-39(36)33-43/h1-33,37H. The van der Waals surface area contributed by atoms with Gasteiger partial charge in [-0.3, -0.25) is 0 Å². The van der Waals surface area contributed by atoms with Crippen LogP contribution in [-0.2, 0) is 0 Å². The van der Waals surface area contributed by atoms with E-state index in [2.05, 4.69) is 210 Å². The van der Waals surface area contributed by atoms with Crippen LogP contribution < -0.4 is 9.80 Å². The van der Waals surface area contributed by atoms with Crippen LogP contribution in [0.15, 0.2) is 200 Å². The minimum absolute atomic E-state index is 0.165. The second-order valence-electron chi connectivity index (χ2n) is 11.8. The average molecular weight is 591 g/mol. The Hall–Kier alpha value is -5.86. The molecule has 0 amide bonds. The Morgan fingerprint density at radius 1 is 0.348 bits per heavy atom. The molecule has 0 bridgehead atoms. The van der Waals surface area contributed by atoms with E-state index in [1.54, 1.807) is 0 Å². The van der Waals surface area contributed by atoms with Crippen molar-refractivity contribution in [3.63, 3.8) is 0 Å². The van der Waals surface area contributed by atoms with Crippen molar-refractivity contribution in [3.05, 3.63) is 206 Å². The summed E-state index contributed by atoms with van der Waals surface area (Å²) in [5.74, 6) is 0.165. The van der Waals surface area contributed by atoms with E-state index in [0.717, 1.165) is 22.7 Å². The number of benzene rings is 7. The molecule has 0 N–H and O–H groups in total. The molecule has 2 nitrogen and oxygen atoms in total. The van der Waals surface area contributed by atoms with Gasteiger partial charge >= 0.3 is 0 Å². The van der Waals surface area contributed by atoms with Crippen molar-refractivity contribution in [2.45, 2.75) is 11.6 Å². The molecule has 0 fully saturated rings. The van der Waals surface area contributed by atoms with Crippen LogP contribution in [0.4, 0.5) is 22.7 Å². The van der Waals surface area contributed by atoms with Gasteiger partial charge in [0.25, 0.3) is 0 Å². The number of para-hydroxylation sites is 2. The zero-order valence-corrected chi connectivity index (χ0v) is 25.5. The molecule has 0 atom stereocenters. The predicted octanol–water partition coefficient (Wildman–Crippen LogP) is 11.6. The second-order valence-corrected chi connectivity index (χ2v) is 11.8. The van der Waals surface area contributed by atoms with Gasteiger partial charge in [-0.25, -0.2) is 0 Å². The summed E-state index contributed by atoms with van der Waals surface area (Å²) >= 11 is 0. The van der Waals surface area contributed by atoms with Gasteiger partial charge in [0.15, 0.2) is 5.66 Å². The summed E-state index contributed by atoms with van der Waals surface area (Å²) in [7, 11) is 0. The summed E-state index contributed by atoms with van der Waals surface area (Å²) in [5.41, 5.74) is 4.97. The lowest BCUT2D eigenvalue weighted by Gasteiger charge is -2.51. The minimum atomic E-state index is -0.737. The van der Waals surface area contributed by atoms with Crippen LogP contribution in [0, 0.1) is 0 Å². The first-order valence-corrected chi connectivity index (χ1v) is 15.9. The molecular weight excluding hydrogens is 556 g/mol. The number of fused-ring (bicyclic) bond motifs is 2. The summed E-state index contributed by atoms with van der Waals surface area (Å²) in [6.45, 7) is 0. The molecule has 0 saturated carbocycles. The van der Waals surface area contributed by atoms with Gasteiger partial charge in [-0.1, -0.05) is 140 Å². The molecular formula is C44H34N2. The Kier molecular flexibility index (Phi) is 7.16. The molecule has 0 unspecified atom stereocenters. The van der Waals surface area contributed by atoms with Crippen LogP contribution in [0.3, 0.4) is 0 Å². The van der Waals surface area contributed by atoms with E-state index >= 15 is 0 Å². The predicted molar refractivity (Wildman–Crippen MR) is 195 cm³/mol. The maximum Gasteiger partial charge on any atom is 0.160 e. The van der Waals surface area contributed by atoms with Crippen molar-refractivity contribution in [1.29, 1.82) is 0 Å². The Bertz CT molecular complexity index is 2030. The van der Waals surface area contributed by atoms with Crippen LogP contribution in [0.5, 0.6) is 0 Å². The fourth-order valence-electron chi connectivity index (χ4n) is 6.82. The van der Waals surface area contributed by atoms with Crippen LogP contribution in [-0.4, -0.2) is 5.66 Å². The normalized spacial score (nSPS) is 14.0. The van der Waals surface area contributed by atoms with Crippen molar-refractivity contribution in [1.82, 2.24) is 0 Å². The monoisotopic (exact) mass is 590 g/mol. The summed E-state index contributed by atoms with van der Waals surface area (Å²) in [5, 5.41) is 4.86. The molecule has 1 aliphatic rings. The van der Waals surface area contributed by atoms with E-state index in [1.165, 1.54) is 27.1 Å². The number of anilines is 4. The molecule has 0 aliphatic heterocycles. The van der Waals surface area contributed by atoms with E-state index in [1.807, 2.05) is 0 Å². The summed E-state index contributed by atoms with van der Waals surface area (Å²) in [6, 6.07) is 63.1. The van der Waals surface area contributed by atoms with Gasteiger partial charge in [0.1, 0.15) is 0 Å². The Morgan fingerprint density at radius 2 is 0.739 bits per heavy atom. The summed E-state index contributed by atoms with van der Waals surface area (Å²) < 4.78 is 0. The Labute approximate surface area is 270 Å². The first-order chi connectivity index (χ1) is 22.8. The minimum Gasteiger partial charge on any atom is -0.311 e. The topological polar surface area (TPSA) is 6.48 Å². The van der Waals surface area contributed by atoms with Gasteiger partial charge in [0, 0.05) is 28.7 Å². The summed E-state index contributed by atoms with van der Waals surface area (Å²) in [6.07, 6.45) is 9.52. The number of allylic oxidation sites excluding steroid dienone is 2. The smallest absolute Gasteiger partial charge is 0.160 e. The number of hydrogen-bond acceptors (Lipinski definition) is 2. The fourth-order valence-corrected chi connectivity index (χ4v) is 6.82. The average Bonchev–Trinajstić information content (AvgIpc) is 3.13. The third-order valence-electron chi connectivity index (χ3n) is 9.01. The lowest BCUT2D eigenvalue weighted by atomic mass is 9.87. The highest BCUT2D eigenvalue weighted by Crippen LogP contribution is 2.47. The third kappa shape index (κ3) is 5.04. The first kappa shape index (κ1) is 27.7. The number of nitrogens with zero attached hydrogens (tertiary/aromatic N) is 2. The zero-order valence-electron chi connectivity index (χ0n) is 25.5. The fraction of sp³-hybridized carbons (Fsp3) is 0.0455. The van der Waals surface area contributed by atoms with Gasteiger partial charge < -0.3 is 9.80 Å². The molecule has 1 aliphatic carbocycles. The van der Waals surface area contributed by atoms with E-state index in [-0.39, 0.29) is 5.92 Å². The van der Waals surface area contributed by atoms with E-state index < -0.39 is 5.66 Å².